The quantitative estimate of drug-likeness (QED) is 0.538. The number of nitrogens with zero attached hydrogens (tertiary/aromatic N) is 1. The molecule has 2 amide bonds. The Labute approximate surface area is 196 Å². The average Bonchev–Trinajstić information content (AvgIpc) is 2.85. The smallest absolute Gasteiger partial charge is 0.352 e. The van der Waals surface area contributed by atoms with Crippen molar-refractivity contribution >= 4 is 11.8 Å². The van der Waals surface area contributed by atoms with E-state index in [0.29, 0.717) is 12.1 Å². The lowest BCUT2D eigenvalue weighted by atomic mass is 9.88. The van der Waals surface area contributed by atoms with Gasteiger partial charge in [-0.15, -0.1) is 0 Å². The van der Waals surface area contributed by atoms with Gasteiger partial charge in [0, 0.05) is 25.9 Å². The maximum absolute atomic E-state index is 13.1. The summed E-state index contributed by atoms with van der Waals surface area (Å²) < 4.78 is 38.6. The topological polar surface area (TPSA) is 49.4 Å². The number of carbonyl (C=O) groups excluding carboxylic acids is 2. The lowest BCUT2D eigenvalue weighted by molar-refractivity contribution is -0.137. The molecular formula is C27H25F3N2O2. The van der Waals surface area contributed by atoms with E-state index in [0.717, 1.165) is 29.7 Å². The normalized spacial score (nSPS) is 15.5. The third kappa shape index (κ3) is 5.47. The maximum Gasteiger partial charge on any atom is 0.416 e. The van der Waals surface area contributed by atoms with Crippen LogP contribution < -0.4 is 5.32 Å². The lowest BCUT2D eigenvalue weighted by Gasteiger charge is -2.38. The molecule has 0 fully saturated rings. The van der Waals surface area contributed by atoms with Crippen molar-refractivity contribution in [2.45, 2.75) is 38.0 Å². The van der Waals surface area contributed by atoms with Crippen molar-refractivity contribution in [2.75, 3.05) is 6.54 Å². The van der Waals surface area contributed by atoms with Gasteiger partial charge in [0.2, 0.25) is 11.8 Å². The summed E-state index contributed by atoms with van der Waals surface area (Å²) in [5.74, 6) is -0.503. The van der Waals surface area contributed by atoms with E-state index in [2.05, 4.69) is 11.4 Å². The molecule has 0 aromatic heterocycles. The zero-order valence-electron chi connectivity index (χ0n) is 18.5. The van der Waals surface area contributed by atoms with Gasteiger partial charge in [-0.1, -0.05) is 66.7 Å². The molecule has 0 saturated carbocycles. The number of nitrogens with one attached hydrogen (secondary N) is 1. The highest BCUT2D eigenvalue weighted by atomic mass is 19.4. The molecule has 1 N–H and O–H groups in total. The minimum absolute atomic E-state index is 0.0271. The molecule has 3 aromatic carbocycles. The summed E-state index contributed by atoms with van der Waals surface area (Å²) in [6.45, 7) is 0.530. The van der Waals surface area contributed by atoms with Crippen LogP contribution >= 0.6 is 0 Å². The number of amides is 2. The highest BCUT2D eigenvalue weighted by molar-refractivity contribution is 5.84. The minimum atomic E-state index is -4.44. The number of fused-ring (bicyclic) bond motifs is 1. The molecule has 0 bridgehead atoms. The minimum Gasteiger partial charge on any atom is -0.352 e. The van der Waals surface area contributed by atoms with Crippen molar-refractivity contribution in [1.82, 2.24) is 10.2 Å². The third-order valence-corrected chi connectivity index (χ3v) is 6.03. The van der Waals surface area contributed by atoms with Crippen molar-refractivity contribution in [3.8, 4) is 0 Å². The summed E-state index contributed by atoms with van der Waals surface area (Å²) in [6.07, 6.45) is -3.70. The van der Waals surface area contributed by atoms with E-state index in [4.69, 9.17) is 0 Å². The van der Waals surface area contributed by atoms with Crippen LogP contribution in [0.4, 0.5) is 13.2 Å². The second-order valence-corrected chi connectivity index (χ2v) is 8.32. The van der Waals surface area contributed by atoms with Gasteiger partial charge < -0.3 is 10.2 Å². The van der Waals surface area contributed by atoms with E-state index in [1.165, 1.54) is 17.7 Å². The molecule has 0 radical (unpaired) electrons. The van der Waals surface area contributed by atoms with Gasteiger partial charge in [-0.25, -0.2) is 0 Å². The molecule has 1 heterocycles. The van der Waals surface area contributed by atoms with Crippen LogP contribution in [0, 0.1) is 0 Å². The zero-order valence-corrected chi connectivity index (χ0v) is 18.5. The SMILES string of the molecule is O=C(CCC(=O)N1CCc2ccccc2[C@@H]1c1ccccc1)NCc1cccc(C(F)(F)F)c1. The van der Waals surface area contributed by atoms with Crippen LogP contribution in [-0.4, -0.2) is 23.3 Å². The van der Waals surface area contributed by atoms with E-state index in [1.807, 2.05) is 53.4 Å². The van der Waals surface area contributed by atoms with Crippen LogP contribution in [0.2, 0.25) is 0 Å². The third-order valence-electron chi connectivity index (χ3n) is 6.03. The maximum atomic E-state index is 13.1. The second-order valence-electron chi connectivity index (χ2n) is 8.32. The van der Waals surface area contributed by atoms with Gasteiger partial charge >= 0.3 is 6.18 Å². The number of rotatable bonds is 6. The number of halogens is 3. The van der Waals surface area contributed by atoms with Crippen LogP contribution in [0.25, 0.3) is 0 Å². The predicted molar refractivity (Wildman–Crippen MR) is 123 cm³/mol. The Balaban J connectivity index is 1.39. The first-order valence-corrected chi connectivity index (χ1v) is 11.2. The fourth-order valence-corrected chi connectivity index (χ4v) is 4.34. The molecule has 0 aliphatic carbocycles. The first-order valence-electron chi connectivity index (χ1n) is 11.2. The van der Waals surface area contributed by atoms with Crippen LogP contribution in [0.5, 0.6) is 0 Å². The molecule has 34 heavy (non-hydrogen) atoms. The zero-order chi connectivity index (χ0) is 24.1. The monoisotopic (exact) mass is 466 g/mol. The number of hydrogen-bond donors (Lipinski definition) is 1. The molecular weight excluding hydrogens is 441 g/mol. The number of hydrogen-bond acceptors (Lipinski definition) is 2. The van der Waals surface area contributed by atoms with Crippen LogP contribution in [-0.2, 0) is 28.7 Å². The molecule has 0 spiro atoms. The number of benzene rings is 3. The molecule has 3 aromatic rings. The van der Waals surface area contributed by atoms with E-state index in [-0.39, 0.29) is 37.2 Å². The second kappa shape index (κ2) is 10.1. The molecule has 176 valence electrons. The Bertz CT molecular complexity index is 1160. The van der Waals surface area contributed by atoms with Crippen molar-refractivity contribution in [1.29, 1.82) is 0 Å². The van der Waals surface area contributed by atoms with Gasteiger partial charge in [0.15, 0.2) is 0 Å². The summed E-state index contributed by atoms with van der Waals surface area (Å²) >= 11 is 0. The summed E-state index contributed by atoms with van der Waals surface area (Å²) in [6, 6.07) is 22.5. The van der Waals surface area contributed by atoms with Crippen molar-refractivity contribution < 1.29 is 22.8 Å². The fraction of sp³-hybridized carbons (Fsp3) is 0.259. The molecule has 1 atom stereocenters. The molecule has 7 heteroatoms. The summed E-state index contributed by atoms with van der Waals surface area (Å²) in [4.78, 5) is 27.3. The Morgan fingerprint density at radius 3 is 2.41 bits per heavy atom. The molecule has 4 nitrogen and oxygen atoms in total. The van der Waals surface area contributed by atoms with Gasteiger partial charge in [0.05, 0.1) is 11.6 Å². The average molecular weight is 467 g/mol. The summed E-state index contributed by atoms with van der Waals surface area (Å²) in [7, 11) is 0. The number of alkyl halides is 3. The largest absolute Gasteiger partial charge is 0.416 e. The van der Waals surface area contributed by atoms with Crippen molar-refractivity contribution in [3.05, 3.63) is 107 Å². The van der Waals surface area contributed by atoms with Gasteiger partial charge in [-0.05, 0) is 40.8 Å². The van der Waals surface area contributed by atoms with Gasteiger partial charge in [0.25, 0.3) is 0 Å². The predicted octanol–water partition coefficient (Wildman–Crippen LogP) is 5.28. The van der Waals surface area contributed by atoms with E-state index in [9.17, 15) is 22.8 Å². The Kier molecular flexibility index (Phi) is 7.01. The number of carbonyl (C=O) groups is 2. The first kappa shape index (κ1) is 23.5. The first-order chi connectivity index (χ1) is 16.3. The lowest BCUT2D eigenvalue weighted by Crippen LogP contribution is -2.41. The Morgan fingerprint density at radius 2 is 1.65 bits per heavy atom. The van der Waals surface area contributed by atoms with Crippen LogP contribution in [0.1, 0.15) is 46.7 Å². The molecule has 0 saturated heterocycles. The highest BCUT2D eigenvalue weighted by Gasteiger charge is 2.32. The highest BCUT2D eigenvalue weighted by Crippen LogP contribution is 2.35. The molecule has 1 aliphatic heterocycles. The molecule has 1 aliphatic rings. The molecule has 0 unspecified atom stereocenters. The van der Waals surface area contributed by atoms with Gasteiger partial charge in [-0.3, -0.25) is 9.59 Å². The van der Waals surface area contributed by atoms with E-state index >= 15 is 0 Å². The van der Waals surface area contributed by atoms with E-state index < -0.39 is 11.7 Å². The van der Waals surface area contributed by atoms with Crippen molar-refractivity contribution in [2.24, 2.45) is 0 Å². The summed E-state index contributed by atoms with van der Waals surface area (Å²) in [5.41, 5.74) is 2.90. The summed E-state index contributed by atoms with van der Waals surface area (Å²) in [5, 5.41) is 2.62. The fourth-order valence-electron chi connectivity index (χ4n) is 4.34. The van der Waals surface area contributed by atoms with Crippen LogP contribution in [0.3, 0.4) is 0 Å². The van der Waals surface area contributed by atoms with Crippen molar-refractivity contribution in [3.63, 3.8) is 0 Å². The van der Waals surface area contributed by atoms with Gasteiger partial charge in [-0.2, -0.15) is 13.2 Å². The Morgan fingerprint density at radius 1 is 0.912 bits per heavy atom. The van der Waals surface area contributed by atoms with E-state index in [1.54, 1.807) is 0 Å². The van der Waals surface area contributed by atoms with Gasteiger partial charge in [0.1, 0.15) is 0 Å². The Hall–Kier alpha value is -3.61. The molecule has 4 rings (SSSR count). The standard InChI is InChI=1S/C27H25F3N2O2/c28-27(29,30)22-11-6-7-19(17-22)18-31-24(33)13-14-25(34)32-16-15-20-8-4-5-12-23(20)26(32)21-9-2-1-3-10-21/h1-12,17,26H,13-16,18H2,(H,31,33)/t26-/m0/s1. The van der Waals surface area contributed by atoms with Crippen LogP contribution in [0.15, 0.2) is 78.9 Å².